The second kappa shape index (κ2) is 10.2. The van der Waals surface area contributed by atoms with Crippen molar-refractivity contribution < 1.29 is 9.21 Å². The van der Waals surface area contributed by atoms with Gasteiger partial charge in [0.25, 0.3) is 5.91 Å². The molecular formula is C29H26N4O2. The molecule has 0 radical (unpaired) electrons. The third-order valence-electron chi connectivity index (χ3n) is 5.84. The van der Waals surface area contributed by atoms with Gasteiger partial charge >= 0.3 is 0 Å². The van der Waals surface area contributed by atoms with Gasteiger partial charge in [-0.25, -0.2) is 4.68 Å². The minimum atomic E-state index is -0.219. The predicted octanol–water partition coefficient (Wildman–Crippen LogP) is 5.72. The zero-order chi connectivity index (χ0) is 24.0. The Bertz CT molecular complexity index is 1380. The highest BCUT2D eigenvalue weighted by Crippen LogP contribution is 2.23. The number of amides is 1. The van der Waals surface area contributed by atoms with Crippen LogP contribution in [0, 0.1) is 6.92 Å². The van der Waals surface area contributed by atoms with Gasteiger partial charge in [0, 0.05) is 13.1 Å². The van der Waals surface area contributed by atoms with Gasteiger partial charge in [-0.05, 0) is 48.7 Å². The Morgan fingerprint density at radius 1 is 0.857 bits per heavy atom. The molecule has 1 amide bonds. The zero-order valence-corrected chi connectivity index (χ0v) is 19.5. The summed E-state index contributed by atoms with van der Waals surface area (Å²) in [6.45, 7) is 3.05. The van der Waals surface area contributed by atoms with Crippen LogP contribution in [0.5, 0.6) is 0 Å². The van der Waals surface area contributed by atoms with Crippen LogP contribution >= 0.6 is 0 Å². The summed E-state index contributed by atoms with van der Waals surface area (Å²) in [7, 11) is 0. The molecule has 2 aromatic heterocycles. The van der Waals surface area contributed by atoms with E-state index in [9.17, 15) is 4.79 Å². The molecule has 0 aliphatic rings. The molecule has 5 rings (SSSR count). The molecule has 0 N–H and O–H groups in total. The lowest BCUT2D eigenvalue weighted by atomic mass is 10.1. The highest BCUT2D eigenvalue weighted by Gasteiger charge is 2.24. The monoisotopic (exact) mass is 462 g/mol. The van der Waals surface area contributed by atoms with Gasteiger partial charge in [-0.3, -0.25) is 4.79 Å². The summed E-state index contributed by atoms with van der Waals surface area (Å²) in [6, 6.07) is 31.7. The molecule has 0 saturated heterocycles. The van der Waals surface area contributed by atoms with Crippen LogP contribution in [0.2, 0.25) is 0 Å². The van der Waals surface area contributed by atoms with E-state index in [4.69, 9.17) is 4.42 Å². The number of hydrogen-bond acceptors (Lipinski definition) is 4. The highest BCUT2D eigenvalue weighted by molar-refractivity contribution is 5.91. The lowest BCUT2D eigenvalue weighted by Gasteiger charge is -2.21. The van der Waals surface area contributed by atoms with E-state index in [0.717, 1.165) is 23.2 Å². The molecule has 0 saturated carbocycles. The van der Waals surface area contributed by atoms with Crippen LogP contribution in [0.3, 0.4) is 0 Å². The van der Waals surface area contributed by atoms with Gasteiger partial charge in [0.2, 0.25) is 5.82 Å². The van der Waals surface area contributed by atoms with Crippen LogP contribution in [0.1, 0.15) is 27.3 Å². The fraction of sp³-hybridized carbons (Fsp3) is 0.138. The van der Waals surface area contributed by atoms with Crippen molar-refractivity contribution in [3.8, 4) is 17.3 Å². The summed E-state index contributed by atoms with van der Waals surface area (Å²) >= 11 is 0. The van der Waals surface area contributed by atoms with E-state index < -0.39 is 0 Å². The SMILES string of the molecule is Cc1ccc(-n2nc(C(=O)N(CCc3ccccc3)Cc3ccccc3)nc2-c2ccco2)cc1. The van der Waals surface area contributed by atoms with Crippen molar-refractivity contribution in [3.05, 3.63) is 126 Å². The molecule has 5 aromatic rings. The minimum absolute atomic E-state index is 0.140. The summed E-state index contributed by atoms with van der Waals surface area (Å²) in [4.78, 5) is 20.2. The second-order valence-corrected chi connectivity index (χ2v) is 8.43. The summed E-state index contributed by atoms with van der Waals surface area (Å²) in [5.74, 6) is 0.963. The van der Waals surface area contributed by atoms with E-state index >= 15 is 0 Å². The van der Waals surface area contributed by atoms with E-state index in [2.05, 4.69) is 22.2 Å². The van der Waals surface area contributed by atoms with E-state index in [1.54, 1.807) is 17.0 Å². The molecular weight excluding hydrogens is 436 g/mol. The van der Waals surface area contributed by atoms with Gasteiger partial charge in [0.05, 0.1) is 12.0 Å². The number of hydrogen-bond donors (Lipinski definition) is 0. The first kappa shape index (κ1) is 22.3. The number of benzene rings is 3. The summed E-state index contributed by atoms with van der Waals surface area (Å²) in [6.07, 6.45) is 2.33. The average molecular weight is 463 g/mol. The van der Waals surface area contributed by atoms with Crippen molar-refractivity contribution in [2.75, 3.05) is 6.54 Å². The van der Waals surface area contributed by atoms with Crippen LogP contribution in [-0.2, 0) is 13.0 Å². The number of aryl methyl sites for hydroxylation is 1. The number of aromatic nitrogens is 3. The topological polar surface area (TPSA) is 64.2 Å². The van der Waals surface area contributed by atoms with Gasteiger partial charge < -0.3 is 9.32 Å². The maximum absolute atomic E-state index is 13.7. The molecule has 0 aliphatic carbocycles. The maximum Gasteiger partial charge on any atom is 0.293 e. The molecule has 6 heteroatoms. The first-order valence-corrected chi connectivity index (χ1v) is 11.6. The largest absolute Gasteiger partial charge is 0.461 e. The summed E-state index contributed by atoms with van der Waals surface area (Å²) < 4.78 is 7.28. The Hall–Kier alpha value is -4.45. The second-order valence-electron chi connectivity index (χ2n) is 8.43. The average Bonchev–Trinajstić information content (AvgIpc) is 3.58. The van der Waals surface area contributed by atoms with Crippen molar-refractivity contribution in [1.82, 2.24) is 19.7 Å². The molecule has 0 unspecified atom stereocenters. The molecule has 3 aromatic carbocycles. The van der Waals surface area contributed by atoms with Crippen LogP contribution in [-0.4, -0.2) is 32.1 Å². The number of rotatable bonds is 8. The van der Waals surface area contributed by atoms with E-state index in [0.29, 0.717) is 24.7 Å². The first-order valence-electron chi connectivity index (χ1n) is 11.6. The van der Waals surface area contributed by atoms with Crippen LogP contribution in [0.25, 0.3) is 17.3 Å². The Balaban J connectivity index is 1.49. The Kier molecular flexibility index (Phi) is 6.52. The normalized spacial score (nSPS) is 10.9. The van der Waals surface area contributed by atoms with Gasteiger partial charge in [-0.1, -0.05) is 78.4 Å². The predicted molar refractivity (Wildman–Crippen MR) is 135 cm³/mol. The Morgan fingerprint density at radius 3 is 2.20 bits per heavy atom. The Morgan fingerprint density at radius 2 is 1.54 bits per heavy atom. The fourth-order valence-corrected chi connectivity index (χ4v) is 3.94. The molecule has 0 aliphatic heterocycles. The van der Waals surface area contributed by atoms with Gasteiger partial charge in [-0.15, -0.1) is 5.10 Å². The minimum Gasteiger partial charge on any atom is -0.461 e. The number of furan rings is 1. The van der Waals surface area contributed by atoms with E-state index in [1.165, 1.54) is 5.56 Å². The number of carbonyl (C=O) groups excluding carboxylic acids is 1. The molecule has 6 nitrogen and oxygen atoms in total. The molecule has 174 valence electrons. The van der Waals surface area contributed by atoms with E-state index in [1.807, 2.05) is 90.7 Å². The van der Waals surface area contributed by atoms with Gasteiger partial charge in [-0.2, -0.15) is 4.98 Å². The number of carbonyl (C=O) groups is 1. The fourth-order valence-electron chi connectivity index (χ4n) is 3.94. The zero-order valence-electron chi connectivity index (χ0n) is 19.5. The third-order valence-corrected chi connectivity index (χ3v) is 5.84. The molecule has 0 bridgehead atoms. The molecule has 0 spiro atoms. The lowest BCUT2D eigenvalue weighted by Crippen LogP contribution is -2.33. The number of nitrogens with zero attached hydrogens (tertiary/aromatic N) is 4. The van der Waals surface area contributed by atoms with Crippen molar-refractivity contribution in [2.45, 2.75) is 19.9 Å². The van der Waals surface area contributed by atoms with Crippen molar-refractivity contribution >= 4 is 5.91 Å². The summed E-state index contributed by atoms with van der Waals surface area (Å²) in [5.41, 5.74) is 4.18. The molecule has 35 heavy (non-hydrogen) atoms. The van der Waals surface area contributed by atoms with Crippen LogP contribution in [0.4, 0.5) is 0 Å². The smallest absolute Gasteiger partial charge is 0.293 e. The van der Waals surface area contributed by atoms with Crippen LogP contribution in [0.15, 0.2) is 108 Å². The van der Waals surface area contributed by atoms with Crippen molar-refractivity contribution in [1.29, 1.82) is 0 Å². The third kappa shape index (κ3) is 5.22. The maximum atomic E-state index is 13.7. The quantitative estimate of drug-likeness (QED) is 0.296. The van der Waals surface area contributed by atoms with Crippen molar-refractivity contribution in [2.24, 2.45) is 0 Å². The molecule has 2 heterocycles. The lowest BCUT2D eigenvalue weighted by molar-refractivity contribution is 0.0733. The molecule has 0 atom stereocenters. The Labute approximate surface area is 204 Å². The summed E-state index contributed by atoms with van der Waals surface area (Å²) in [5, 5.41) is 4.64. The molecule has 0 fully saturated rings. The van der Waals surface area contributed by atoms with Gasteiger partial charge in [0.15, 0.2) is 11.6 Å². The standard InChI is InChI=1S/C29H26N4O2/c1-22-14-16-25(17-15-22)33-28(26-13-8-20-35-26)30-27(31-33)29(34)32(21-24-11-6-3-7-12-24)19-18-23-9-4-2-5-10-23/h2-17,20H,18-19,21H2,1H3. The first-order chi connectivity index (χ1) is 17.2. The van der Waals surface area contributed by atoms with Gasteiger partial charge in [0.1, 0.15) is 0 Å². The van der Waals surface area contributed by atoms with Crippen molar-refractivity contribution in [3.63, 3.8) is 0 Å². The van der Waals surface area contributed by atoms with Crippen LogP contribution < -0.4 is 0 Å². The highest BCUT2D eigenvalue weighted by atomic mass is 16.3. The van der Waals surface area contributed by atoms with E-state index in [-0.39, 0.29) is 11.7 Å².